The van der Waals surface area contributed by atoms with Crippen molar-refractivity contribution in [3.8, 4) is 11.5 Å². The lowest BCUT2D eigenvalue weighted by atomic mass is 10.2. The van der Waals surface area contributed by atoms with Gasteiger partial charge in [-0.15, -0.1) is 0 Å². The number of nitro benzene ring substituents is 1. The van der Waals surface area contributed by atoms with Crippen molar-refractivity contribution in [3.05, 3.63) is 92.1 Å². The lowest BCUT2D eigenvalue weighted by Gasteiger charge is -1.94. The van der Waals surface area contributed by atoms with E-state index >= 15 is 0 Å². The highest BCUT2D eigenvalue weighted by molar-refractivity contribution is 14.1. The highest BCUT2D eigenvalue weighted by atomic mass is 127. The second kappa shape index (κ2) is 8.36. The normalized spacial score (nSPS) is 11.6. The Morgan fingerprint density at radius 2 is 1.90 bits per heavy atom. The van der Waals surface area contributed by atoms with Crippen molar-refractivity contribution >= 4 is 57.4 Å². The van der Waals surface area contributed by atoms with E-state index in [9.17, 15) is 10.1 Å². The second-order valence-electron chi connectivity index (χ2n) is 6.17. The zero-order chi connectivity index (χ0) is 20.2. The highest BCUT2D eigenvalue weighted by Gasteiger charge is 2.08. The van der Waals surface area contributed by atoms with Crippen LogP contribution in [0.5, 0.6) is 0 Å². The van der Waals surface area contributed by atoms with Crippen LogP contribution in [0.4, 0.5) is 11.4 Å². The summed E-state index contributed by atoms with van der Waals surface area (Å²) >= 11 is 2.26. The van der Waals surface area contributed by atoms with E-state index in [1.807, 2.05) is 42.5 Å². The molecule has 0 amide bonds. The maximum atomic E-state index is 10.8. The van der Waals surface area contributed by atoms with Crippen LogP contribution in [-0.4, -0.2) is 16.1 Å². The topological polar surface area (TPSA) is 81.5 Å². The number of non-ortho nitro benzene ring substituents is 1. The molecule has 0 fully saturated rings. The van der Waals surface area contributed by atoms with Gasteiger partial charge >= 0.3 is 0 Å². The molecule has 4 aromatic rings. The number of aromatic nitrogens is 1. The van der Waals surface area contributed by atoms with Crippen LogP contribution in [0.3, 0.4) is 0 Å². The first-order valence-corrected chi connectivity index (χ1v) is 9.78. The van der Waals surface area contributed by atoms with Gasteiger partial charge in [-0.25, -0.2) is 4.98 Å². The number of benzene rings is 3. The van der Waals surface area contributed by atoms with E-state index in [1.54, 1.807) is 30.5 Å². The van der Waals surface area contributed by atoms with Gasteiger partial charge < -0.3 is 4.42 Å². The summed E-state index contributed by atoms with van der Waals surface area (Å²) < 4.78 is 6.98. The first-order valence-electron chi connectivity index (χ1n) is 8.70. The van der Waals surface area contributed by atoms with Gasteiger partial charge in [-0.3, -0.25) is 15.1 Å². The zero-order valence-corrected chi connectivity index (χ0v) is 17.2. The van der Waals surface area contributed by atoms with Gasteiger partial charge in [-0.2, -0.15) is 0 Å². The molecule has 1 heterocycles. The molecule has 1 aromatic heterocycles. The Bertz CT molecular complexity index is 1240. The van der Waals surface area contributed by atoms with E-state index in [1.165, 1.54) is 12.1 Å². The Hall–Kier alpha value is -3.33. The van der Waals surface area contributed by atoms with Crippen LogP contribution in [0.25, 0.3) is 28.6 Å². The number of oxazole rings is 1. The molecule has 0 saturated heterocycles. The average Bonchev–Trinajstić information content (AvgIpc) is 3.15. The number of nitrogens with zero attached hydrogens (tertiary/aromatic N) is 3. The Morgan fingerprint density at radius 1 is 1.07 bits per heavy atom. The van der Waals surface area contributed by atoms with Gasteiger partial charge in [0.15, 0.2) is 5.58 Å². The third-order valence-corrected chi connectivity index (χ3v) is 4.86. The average molecular weight is 495 g/mol. The number of hydrogen-bond acceptors (Lipinski definition) is 5. The van der Waals surface area contributed by atoms with Gasteiger partial charge in [-0.05, 0) is 76.7 Å². The number of aliphatic imine (C=N–C) groups is 1. The maximum Gasteiger partial charge on any atom is 0.270 e. The van der Waals surface area contributed by atoms with Crippen molar-refractivity contribution < 1.29 is 9.34 Å². The molecule has 0 unspecified atom stereocenters. The fraction of sp³-hybridized carbons (Fsp3) is 0. The second-order valence-corrected chi connectivity index (χ2v) is 7.41. The summed E-state index contributed by atoms with van der Waals surface area (Å²) in [5, 5.41) is 10.8. The number of hydrogen-bond donors (Lipinski definition) is 0. The number of rotatable bonds is 5. The smallest absolute Gasteiger partial charge is 0.270 e. The first kappa shape index (κ1) is 19.0. The Morgan fingerprint density at radius 3 is 2.69 bits per heavy atom. The van der Waals surface area contributed by atoms with Gasteiger partial charge in [0, 0.05) is 27.5 Å². The molecular weight excluding hydrogens is 481 g/mol. The van der Waals surface area contributed by atoms with E-state index in [2.05, 4.69) is 32.6 Å². The minimum absolute atomic E-state index is 0.0597. The molecule has 0 atom stereocenters. The summed E-state index contributed by atoms with van der Waals surface area (Å²) in [4.78, 5) is 19.4. The first-order chi connectivity index (χ1) is 14.1. The van der Waals surface area contributed by atoms with E-state index in [0.717, 1.165) is 25.9 Å². The van der Waals surface area contributed by atoms with Gasteiger partial charge in [0.2, 0.25) is 5.89 Å². The van der Waals surface area contributed by atoms with Crippen molar-refractivity contribution in [3.63, 3.8) is 0 Å². The van der Waals surface area contributed by atoms with E-state index in [0.29, 0.717) is 11.5 Å². The molecule has 142 valence electrons. The Balaban J connectivity index is 1.51. The molecule has 3 aromatic carbocycles. The Kier molecular flexibility index (Phi) is 5.48. The van der Waals surface area contributed by atoms with E-state index < -0.39 is 4.92 Å². The minimum atomic E-state index is -0.414. The zero-order valence-electron chi connectivity index (χ0n) is 15.0. The van der Waals surface area contributed by atoms with Crippen LogP contribution in [0.1, 0.15) is 5.56 Å². The quantitative estimate of drug-likeness (QED) is 0.138. The van der Waals surface area contributed by atoms with Crippen LogP contribution in [0, 0.1) is 13.7 Å². The summed E-state index contributed by atoms with van der Waals surface area (Å²) in [6, 6.07) is 19.9. The molecule has 0 spiro atoms. The highest BCUT2D eigenvalue weighted by Crippen LogP contribution is 2.27. The van der Waals surface area contributed by atoms with Crippen molar-refractivity contribution in [1.82, 2.24) is 4.98 Å². The summed E-state index contributed by atoms with van der Waals surface area (Å²) in [5.41, 5.74) is 3.89. The molecule has 29 heavy (non-hydrogen) atoms. The lowest BCUT2D eigenvalue weighted by Crippen LogP contribution is -1.87. The molecule has 0 radical (unpaired) electrons. The third-order valence-electron chi connectivity index (χ3n) is 4.14. The standard InChI is InChI=1S/C22H14IN3O3/c23-17-8-6-16(7-9-17)22-25-20-14-18(10-11-21(20)29-22)24-12-2-4-15-3-1-5-19(13-15)26(27)28/h1-14H. The predicted octanol–water partition coefficient (Wildman–Crippen LogP) is 6.42. The molecule has 0 aliphatic carbocycles. The SMILES string of the molecule is O=[N+]([O-])c1cccc(C=CC=Nc2ccc3oc(-c4ccc(I)cc4)nc3c2)c1. The number of nitro groups is 1. The molecule has 0 N–H and O–H groups in total. The molecule has 7 heteroatoms. The molecular formula is C22H14IN3O3. The summed E-state index contributed by atoms with van der Waals surface area (Å²) in [6.07, 6.45) is 5.14. The van der Waals surface area contributed by atoms with Gasteiger partial charge in [0.1, 0.15) is 5.52 Å². The molecule has 0 saturated carbocycles. The van der Waals surface area contributed by atoms with Crippen LogP contribution < -0.4 is 0 Å². The minimum Gasteiger partial charge on any atom is -0.436 e. The van der Waals surface area contributed by atoms with Crippen LogP contribution in [0.2, 0.25) is 0 Å². The van der Waals surface area contributed by atoms with Crippen molar-refractivity contribution in [2.45, 2.75) is 0 Å². The molecule has 6 nitrogen and oxygen atoms in total. The van der Waals surface area contributed by atoms with Crippen LogP contribution >= 0.6 is 22.6 Å². The van der Waals surface area contributed by atoms with Crippen molar-refractivity contribution in [2.24, 2.45) is 4.99 Å². The monoisotopic (exact) mass is 495 g/mol. The number of allylic oxidation sites excluding steroid dienone is 1. The molecule has 0 aliphatic rings. The fourth-order valence-electron chi connectivity index (χ4n) is 2.74. The lowest BCUT2D eigenvalue weighted by molar-refractivity contribution is -0.384. The van der Waals surface area contributed by atoms with Crippen molar-refractivity contribution in [1.29, 1.82) is 0 Å². The molecule has 0 bridgehead atoms. The van der Waals surface area contributed by atoms with Gasteiger partial charge in [0.25, 0.3) is 5.69 Å². The van der Waals surface area contributed by atoms with E-state index in [-0.39, 0.29) is 5.69 Å². The fourth-order valence-corrected chi connectivity index (χ4v) is 3.10. The van der Waals surface area contributed by atoms with Crippen molar-refractivity contribution in [2.75, 3.05) is 0 Å². The Labute approximate surface area is 179 Å². The molecule has 0 aliphatic heterocycles. The van der Waals surface area contributed by atoms with Crippen LogP contribution in [0.15, 0.2) is 82.2 Å². The summed E-state index contributed by atoms with van der Waals surface area (Å²) in [5.74, 6) is 0.572. The van der Waals surface area contributed by atoms with Gasteiger partial charge in [-0.1, -0.05) is 18.2 Å². The predicted molar refractivity (Wildman–Crippen MR) is 122 cm³/mol. The summed E-state index contributed by atoms with van der Waals surface area (Å²) in [6.45, 7) is 0. The van der Waals surface area contributed by atoms with E-state index in [4.69, 9.17) is 4.42 Å². The van der Waals surface area contributed by atoms with Gasteiger partial charge in [0.05, 0.1) is 10.6 Å². The maximum absolute atomic E-state index is 10.8. The number of fused-ring (bicyclic) bond motifs is 1. The number of halogens is 1. The third kappa shape index (κ3) is 4.57. The largest absolute Gasteiger partial charge is 0.436 e. The molecule has 4 rings (SSSR count). The van der Waals surface area contributed by atoms with Crippen LogP contribution in [-0.2, 0) is 0 Å². The summed E-state index contributed by atoms with van der Waals surface area (Å²) in [7, 11) is 0.